The number of nitro groups is 1. The number of anilines is 1. The lowest BCUT2D eigenvalue weighted by molar-refractivity contribution is -0.383. The monoisotopic (exact) mass is 372 g/mol. The number of carbonyl (C=O) groups is 1. The molecule has 0 saturated heterocycles. The molecule has 8 nitrogen and oxygen atoms in total. The van der Waals surface area contributed by atoms with Crippen LogP contribution >= 0.6 is 11.8 Å². The molecule has 1 amide bonds. The molecule has 1 aromatic heterocycles. The summed E-state index contributed by atoms with van der Waals surface area (Å²) in [5.41, 5.74) is 0.464. The number of aromatic nitrogens is 2. The van der Waals surface area contributed by atoms with Gasteiger partial charge in [0.05, 0.1) is 21.7 Å². The van der Waals surface area contributed by atoms with Crippen molar-refractivity contribution in [3.05, 3.63) is 63.1 Å². The Morgan fingerprint density at radius 2 is 1.77 bits per heavy atom. The molecule has 0 aliphatic rings. The molecule has 9 heteroatoms. The maximum absolute atomic E-state index is 12.2. The van der Waals surface area contributed by atoms with Crippen molar-refractivity contribution in [3.8, 4) is 0 Å². The van der Waals surface area contributed by atoms with Crippen molar-refractivity contribution in [2.45, 2.75) is 4.90 Å². The van der Waals surface area contributed by atoms with Gasteiger partial charge in [-0.05, 0) is 18.2 Å². The predicted octanol–water partition coefficient (Wildman–Crippen LogP) is 2.52. The van der Waals surface area contributed by atoms with Crippen molar-refractivity contribution in [3.63, 3.8) is 0 Å². The zero-order valence-electron chi connectivity index (χ0n) is 14.1. The van der Waals surface area contributed by atoms with E-state index >= 15 is 0 Å². The number of fused-ring (bicyclic) bond motifs is 1. The number of rotatable bonds is 5. The van der Waals surface area contributed by atoms with Crippen molar-refractivity contribution in [2.75, 3.05) is 11.1 Å². The molecule has 134 valence electrons. The highest BCUT2D eigenvalue weighted by molar-refractivity contribution is 8.00. The number of thioether (sulfide) groups is 1. The SMILES string of the molecule is Cn1c(=O)n(C)c2cc([N+](=O)[O-])c(NC(=O)CSc3ccccc3)cc21. The summed E-state index contributed by atoms with van der Waals surface area (Å²) < 4.78 is 2.71. The van der Waals surface area contributed by atoms with E-state index in [1.807, 2.05) is 30.3 Å². The molecule has 2 aromatic carbocycles. The predicted molar refractivity (Wildman–Crippen MR) is 101 cm³/mol. The van der Waals surface area contributed by atoms with E-state index in [4.69, 9.17) is 0 Å². The molecule has 0 spiro atoms. The second-order valence-electron chi connectivity index (χ2n) is 5.67. The van der Waals surface area contributed by atoms with Gasteiger partial charge in [-0.1, -0.05) is 18.2 Å². The number of amides is 1. The third-order valence-corrected chi connectivity index (χ3v) is 4.99. The smallest absolute Gasteiger partial charge is 0.320 e. The summed E-state index contributed by atoms with van der Waals surface area (Å²) in [5, 5.41) is 14.0. The van der Waals surface area contributed by atoms with E-state index in [0.717, 1.165) is 4.90 Å². The van der Waals surface area contributed by atoms with Crippen LogP contribution in [0.3, 0.4) is 0 Å². The first-order valence-electron chi connectivity index (χ1n) is 7.70. The number of imidazole rings is 1. The molecule has 3 aromatic rings. The number of aryl methyl sites for hydroxylation is 2. The highest BCUT2D eigenvalue weighted by atomic mass is 32.2. The second-order valence-corrected chi connectivity index (χ2v) is 6.71. The number of nitro benzene ring substituents is 1. The number of nitrogens with one attached hydrogen (secondary N) is 1. The molecule has 0 aliphatic carbocycles. The van der Waals surface area contributed by atoms with Gasteiger partial charge in [0, 0.05) is 25.1 Å². The van der Waals surface area contributed by atoms with Crippen LogP contribution in [0.1, 0.15) is 0 Å². The van der Waals surface area contributed by atoms with Crippen molar-refractivity contribution in [1.82, 2.24) is 9.13 Å². The highest BCUT2D eigenvalue weighted by Crippen LogP contribution is 2.30. The molecule has 0 aliphatic heterocycles. The molecule has 1 heterocycles. The van der Waals surface area contributed by atoms with Gasteiger partial charge in [-0.15, -0.1) is 11.8 Å². The Labute approximate surface area is 152 Å². The van der Waals surface area contributed by atoms with Gasteiger partial charge in [-0.3, -0.25) is 24.0 Å². The molecule has 3 rings (SSSR count). The summed E-state index contributed by atoms with van der Waals surface area (Å²) in [6.45, 7) is 0. The molecule has 1 N–H and O–H groups in total. The van der Waals surface area contributed by atoms with Gasteiger partial charge in [-0.2, -0.15) is 0 Å². The van der Waals surface area contributed by atoms with Gasteiger partial charge >= 0.3 is 5.69 Å². The molecular formula is C17H16N4O4S. The Hall–Kier alpha value is -3.07. The normalized spacial score (nSPS) is 10.8. The number of hydrogen-bond donors (Lipinski definition) is 1. The lowest BCUT2D eigenvalue weighted by atomic mass is 10.2. The first-order chi connectivity index (χ1) is 12.4. The quantitative estimate of drug-likeness (QED) is 0.421. The minimum absolute atomic E-state index is 0.0716. The largest absolute Gasteiger partial charge is 0.328 e. The first-order valence-corrected chi connectivity index (χ1v) is 8.68. The Morgan fingerprint density at radius 3 is 2.38 bits per heavy atom. The summed E-state index contributed by atoms with van der Waals surface area (Å²) in [5.74, 6) is -0.241. The lowest BCUT2D eigenvalue weighted by Crippen LogP contribution is -2.19. The van der Waals surface area contributed by atoms with E-state index in [9.17, 15) is 19.7 Å². The van der Waals surface area contributed by atoms with Crippen LogP contribution in [0.25, 0.3) is 11.0 Å². The minimum Gasteiger partial charge on any atom is -0.320 e. The molecule has 26 heavy (non-hydrogen) atoms. The van der Waals surface area contributed by atoms with Crippen LogP contribution in [0.4, 0.5) is 11.4 Å². The first kappa shape index (κ1) is 17.7. The maximum atomic E-state index is 12.2. The van der Waals surface area contributed by atoms with E-state index in [2.05, 4.69) is 5.32 Å². The highest BCUT2D eigenvalue weighted by Gasteiger charge is 2.21. The van der Waals surface area contributed by atoms with E-state index in [1.165, 1.54) is 33.0 Å². The summed E-state index contributed by atoms with van der Waals surface area (Å²) in [7, 11) is 3.12. The standard InChI is InChI=1S/C17H16N4O4S/c1-19-14-8-12(13(21(24)25)9-15(14)20(2)17(19)23)18-16(22)10-26-11-6-4-3-5-7-11/h3-9H,10H2,1-2H3,(H,18,22). The van der Waals surface area contributed by atoms with E-state index < -0.39 is 4.92 Å². The van der Waals surface area contributed by atoms with Crippen LogP contribution in [-0.2, 0) is 18.9 Å². The van der Waals surface area contributed by atoms with Crippen molar-refractivity contribution >= 4 is 40.1 Å². The molecule has 0 atom stereocenters. The minimum atomic E-state index is -0.573. The van der Waals surface area contributed by atoms with Crippen LogP contribution in [0.2, 0.25) is 0 Å². The Bertz CT molecular complexity index is 1060. The summed E-state index contributed by atoms with van der Waals surface area (Å²) in [6, 6.07) is 12.1. The third kappa shape index (κ3) is 3.33. The lowest BCUT2D eigenvalue weighted by Gasteiger charge is -2.07. The maximum Gasteiger partial charge on any atom is 0.328 e. The molecule has 0 fully saturated rings. The molecule has 0 unspecified atom stereocenters. The number of carbonyl (C=O) groups excluding carboxylic acids is 1. The molecular weight excluding hydrogens is 356 g/mol. The van der Waals surface area contributed by atoms with Crippen LogP contribution in [0.15, 0.2) is 52.2 Å². The Morgan fingerprint density at radius 1 is 1.15 bits per heavy atom. The molecule has 0 radical (unpaired) electrons. The number of nitrogens with zero attached hydrogens (tertiary/aromatic N) is 3. The van der Waals surface area contributed by atoms with Gasteiger partial charge in [0.1, 0.15) is 5.69 Å². The van der Waals surface area contributed by atoms with E-state index in [1.54, 1.807) is 14.1 Å². The van der Waals surface area contributed by atoms with Crippen LogP contribution in [-0.4, -0.2) is 25.7 Å². The topological polar surface area (TPSA) is 99.2 Å². The fraction of sp³-hybridized carbons (Fsp3) is 0.176. The third-order valence-electron chi connectivity index (χ3n) is 3.97. The number of hydrogen-bond acceptors (Lipinski definition) is 5. The fourth-order valence-corrected chi connectivity index (χ4v) is 3.36. The Kier molecular flexibility index (Phi) is 4.81. The zero-order chi connectivity index (χ0) is 18.8. The Balaban J connectivity index is 1.89. The number of benzene rings is 2. The summed E-state index contributed by atoms with van der Waals surface area (Å²) >= 11 is 1.33. The van der Waals surface area contributed by atoms with E-state index in [0.29, 0.717) is 11.0 Å². The van der Waals surface area contributed by atoms with Gasteiger partial charge in [0.2, 0.25) is 5.91 Å². The van der Waals surface area contributed by atoms with Gasteiger partial charge in [-0.25, -0.2) is 4.79 Å². The van der Waals surface area contributed by atoms with E-state index in [-0.39, 0.29) is 28.7 Å². The average molecular weight is 372 g/mol. The van der Waals surface area contributed by atoms with Crippen molar-refractivity contribution in [2.24, 2.45) is 14.1 Å². The fourth-order valence-electron chi connectivity index (χ4n) is 2.64. The van der Waals surface area contributed by atoms with Crippen LogP contribution < -0.4 is 11.0 Å². The molecule has 0 bridgehead atoms. The van der Waals surface area contributed by atoms with Crippen molar-refractivity contribution in [1.29, 1.82) is 0 Å². The van der Waals surface area contributed by atoms with Crippen LogP contribution in [0.5, 0.6) is 0 Å². The summed E-state index contributed by atoms with van der Waals surface area (Å²) in [6.07, 6.45) is 0. The van der Waals surface area contributed by atoms with Crippen LogP contribution in [0, 0.1) is 10.1 Å². The van der Waals surface area contributed by atoms with Gasteiger partial charge < -0.3 is 5.32 Å². The average Bonchev–Trinajstić information content (AvgIpc) is 2.84. The zero-order valence-corrected chi connectivity index (χ0v) is 14.9. The second kappa shape index (κ2) is 7.04. The van der Waals surface area contributed by atoms with Crippen molar-refractivity contribution < 1.29 is 9.72 Å². The van der Waals surface area contributed by atoms with Gasteiger partial charge in [0.15, 0.2) is 0 Å². The molecule has 0 saturated carbocycles. The summed E-state index contributed by atoms with van der Waals surface area (Å²) in [4.78, 5) is 36.0. The van der Waals surface area contributed by atoms with Gasteiger partial charge in [0.25, 0.3) is 5.69 Å².